The van der Waals surface area contributed by atoms with Crippen LogP contribution in [0.25, 0.3) is 6.08 Å². The van der Waals surface area contributed by atoms with Gasteiger partial charge in [0.15, 0.2) is 6.61 Å². The first-order chi connectivity index (χ1) is 16.8. The van der Waals surface area contributed by atoms with Crippen LogP contribution in [0.5, 0.6) is 5.75 Å². The number of hydrogen-bond acceptors (Lipinski definition) is 5. The molecule has 35 heavy (non-hydrogen) atoms. The van der Waals surface area contributed by atoms with Gasteiger partial charge in [-0.15, -0.1) is 0 Å². The van der Waals surface area contributed by atoms with Crippen LogP contribution in [0.3, 0.4) is 0 Å². The van der Waals surface area contributed by atoms with Crippen molar-refractivity contribution in [1.82, 2.24) is 5.32 Å². The Labute approximate surface area is 200 Å². The van der Waals surface area contributed by atoms with E-state index < -0.39 is 23.7 Å². The zero-order valence-electron chi connectivity index (χ0n) is 18.6. The molecule has 2 N–H and O–H groups in total. The molecular formula is C26H20FN3O5. The summed E-state index contributed by atoms with van der Waals surface area (Å²) >= 11 is 0. The number of benzene rings is 3. The van der Waals surface area contributed by atoms with Gasteiger partial charge in [0, 0.05) is 5.69 Å². The standard InChI is InChI=1S/C26H20FN3O5/c1-16-3-2-4-19(13-16)28-23(31)15-35-21-11-5-17(6-12-21)14-22-24(32)29-26(34)30(25(22)33)20-9-7-18(27)8-10-20/h2-14H,15H2,1H3,(H,28,31)(H,29,32,34)/b22-14+. The van der Waals surface area contributed by atoms with Crippen LogP contribution in [0.2, 0.25) is 0 Å². The highest BCUT2D eigenvalue weighted by atomic mass is 19.1. The summed E-state index contributed by atoms with van der Waals surface area (Å²) < 4.78 is 18.7. The van der Waals surface area contributed by atoms with E-state index in [0.717, 1.165) is 22.6 Å². The highest BCUT2D eigenvalue weighted by Gasteiger charge is 2.36. The Balaban J connectivity index is 1.43. The van der Waals surface area contributed by atoms with Crippen molar-refractivity contribution in [3.63, 3.8) is 0 Å². The van der Waals surface area contributed by atoms with Gasteiger partial charge in [-0.05, 0) is 72.7 Å². The predicted molar refractivity (Wildman–Crippen MR) is 127 cm³/mol. The molecule has 0 spiro atoms. The smallest absolute Gasteiger partial charge is 0.335 e. The highest BCUT2D eigenvalue weighted by Crippen LogP contribution is 2.23. The number of nitrogens with zero attached hydrogens (tertiary/aromatic N) is 1. The molecule has 9 heteroatoms. The molecule has 1 saturated heterocycles. The molecule has 1 aliphatic rings. The van der Waals surface area contributed by atoms with Gasteiger partial charge in [0.25, 0.3) is 17.7 Å². The van der Waals surface area contributed by atoms with E-state index in [0.29, 0.717) is 17.0 Å². The van der Waals surface area contributed by atoms with E-state index in [9.17, 15) is 23.6 Å². The predicted octanol–water partition coefficient (Wildman–Crippen LogP) is 3.82. The largest absolute Gasteiger partial charge is 0.484 e. The van der Waals surface area contributed by atoms with E-state index in [1.807, 2.05) is 25.1 Å². The monoisotopic (exact) mass is 473 g/mol. The maximum Gasteiger partial charge on any atom is 0.335 e. The summed E-state index contributed by atoms with van der Waals surface area (Å²) in [7, 11) is 0. The van der Waals surface area contributed by atoms with E-state index in [4.69, 9.17) is 4.74 Å². The van der Waals surface area contributed by atoms with Gasteiger partial charge >= 0.3 is 6.03 Å². The fraction of sp³-hybridized carbons (Fsp3) is 0.0769. The number of aryl methyl sites for hydroxylation is 1. The summed E-state index contributed by atoms with van der Waals surface area (Å²) in [4.78, 5) is 50.2. The van der Waals surface area contributed by atoms with E-state index in [-0.39, 0.29) is 23.8 Å². The first-order valence-corrected chi connectivity index (χ1v) is 10.6. The zero-order valence-corrected chi connectivity index (χ0v) is 18.6. The lowest BCUT2D eigenvalue weighted by Crippen LogP contribution is -2.54. The molecule has 1 fully saturated rings. The van der Waals surface area contributed by atoms with Gasteiger partial charge in [-0.1, -0.05) is 24.3 Å². The quantitative estimate of drug-likeness (QED) is 0.418. The molecule has 0 aromatic heterocycles. The molecule has 3 aromatic carbocycles. The SMILES string of the molecule is Cc1cccc(NC(=O)COc2ccc(/C=C3\C(=O)NC(=O)N(c4ccc(F)cc4)C3=O)cc2)c1. The van der Waals surface area contributed by atoms with Gasteiger partial charge in [-0.3, -0.25) is 19.7 Å². The average Bonchev–Trinajstić information content (AvgIpc) is 2.82. The first kappa shape index (κ1) is 23.4. The van der Waals surface area contributed by atoms with E-state index >= 15 is 0 Å². The fourth-order valence-electron chi connectivity index (χ4n) is 3.38. The lowest BCUT2D eigenvalue weighted by molar-refractivity contribution is -0.122. The van der Waals surface area contributed by atoms with Crippen LogP contribution < -0.4 is 20.3 Å². The van der Waals surface area contributed by atoms with Gasteiger partial charge in [-0.2, -0.15) is 0 Å². The molecule has 1 aliphatic heterocycles. The number of urea groups is 1. The normalized spacial score (nSPS) is 14.6. The number of carbonyl (C=O) groups excluding carboxylic acids is 4. The van der Waals surface area contributed by atoms with Crippen LogP contribution in [0.1, 0.15) is 11.1 Å². The maximum absolute atomic E-state index is 13.2. The molecule has 0 unspecified atom stereocenters. The minimum atomic E-state index is -0.920. The average molecular weight is 473 g/mol. The number of halogens is 1. The lowest BCUT2D eigenvalue weighted by atomic mass is 10.1. The summed E-state index contributed by atoms with van der Waals surface area (Å²) in [6, 6.07) is 17.6. The van der Waals surface area contributed by atoms with Crippen molar-refractivity contribution in [3.05, 3.63) is 95.3 Å². The number of ether oxygens (including phenoxy) is 1. The Kier molecular flexibility index (Phi) is 6.68. The third-order valence-electron chi connectivity index (χ3n) is 5.05. The number of barbiturate groups is 1. The number of hydrogen-bond donors (Lipinski definition) is 2. The second-order valence-electron chi connectivity index (χ2n) is 7.71. The van der Waals surface area contributed by atoms with Crippen LogP contribution in [0.4, 0.5) is 20.6 Å². The second-order valence-corrected chi connectivity index (χ2v) is 7.71. The van der Waals surface area contributed by atoms with Gasteiger partial charge in [-0.25, -0.2) is 14.1 Å². The topological polar surface area (TPSA) is 105 Å². The van der Waals surface area contributed by atoms with Crippen molar-refractivity contribution < 1.29 is 28.3 Å². The molecule has 3 aromatic rings. The third kappa shape index (κ3) is 5.59. The Bertz CT molecular complexity index is 1330. The molecule has 176 valence electrons. The Hall–Kier alpha value is -4.79. The van der Waals surface area contributed by atoms with Crippen molar-refractivity contribution in [2.75, 3.05) is 16.8 Å². The van der Waals surface area contributed by atoms with Crippen LogP contribution in [0.15, 0.2) is 78.4 Å². The van der Waals surface area contributed by atoms with Crippen molar-refractivity contribution >= 4 is 41.2 Å². The van der Waals surface area contributed by atoms with Gasteiger partial charge in [0.05, 0.1) is 5.69 Å². The van der Waals surface area contributed by atoms with Gasteiger partial charge in [0.1, 0.15) is 17.1 Å². The summed E-state index contributed by atoms with van der Waals surface area (Å²) in [6.07, 6.45) is 1.33. The fourth-order valence-corrected chi connectivity index (χ4v) is 3.38. The number of amides is 5. The molecule has 1 heterocycles. The second kappa shape index (κ2) is 10.0. The third-order valence-corrected chi connectivity index (χ3v) is 5.05. The molecule has 4 rings (SSSR count). The van der Waals surface area contributed by atoms with Crippen LogP contribution in [-0.4, -0.2) is 30.4 Å². The molecule has 0 aliphatic carbocycles. The molecule has 0 radical (unpaired) electrons. The number of rotatable bonds is 6. The molecule has 0 atom stereocenters. The van der Waals surface area contributed by atoms with Crippen LogP contribution in [0, 0.1) is 12.7 Å². The molecule has 0 bridgehead atoms. The summed E-state index contributed by atoms with van der Waals surface area (Å²) in [5.41, 5.74) is 2.04. The van der Waals surface area contributed by atoms with Crippen LogP contribution in [-0.2, 0) is 14.4 Å². The minimum absolute atomic E-state index is 0.125. The molecule has 5 amide bonds. The summed E-state index contributed by atoms with van der Waals surface area (Å²) in [6.45, 7) is 1.72. The van der Waals surface area contributed by atoms with E-state index in [2.05, 4.69) is 10.6 Å². The zero-order chi connectivity index (χ0) is 24.9. The van der Waals surface area contributed by atoms with Crippen molar-refractivity contribution in [2.24, 2.45) is 0 Å². The Morgan fingerprint density at radius 1 is 1.03 bits per heavy atom. The summed E-state index contributed by atoms with van der Waals surface area (Å²) in [5.74, 6) is -2.11. The van der Waals surface area contributed by atoms with Crippen molar-refractivity contribution in [3.8, 4) is 5.75 Å². The number of nitrogens with one attached hydrogen (secondary N) is 2. The Morgan fingerprint density at radius 2 is 1.74 bits per heavy atom. The van der Waals surface area contributed by atoms with Crippen molar-refractivity contribution in [2.45, 2.75) is 6.92 Å². The van der Waals surface area contributed by atoms with E-state index in [1.54, 1.807) is 30.3 Å². The lowest BCUT2D eigenvalue weighted by Gasteiger charge is -2.26. The number of anilines is 2. The molecular weight excluding hydrogens is 453 g/mol. The van der Waals surface area contributed by atoms with Gasteiger partial charge < -0.3 is 10.1 Å². The number of imide groups is 2. The highest BCUT2D eigenvalue weighted by molar-refractivity contribution is 6.39. The van der Waals surface area contributed by atoms with Gasteiger partial charge in [0.2, 0.25) is 0 Å². The molecule has 0 saturated carbocycles. The first-order valence-electron chi connectivity index (χ1n) is 10.6. The van der Waals surface area contributed by atoms with Crippen LogP contribution >= 0.6 is 0 Å². The Morgan fingerprint density at radius 3 is 2.43 bits per heavy atom. The minimum Gasteiger partial charge on any atom is -0.484 e. The molecule has 8 nitrogen and oxygen atoms in total. The maximum atomic E-state index is 13.2. The van der Waals surface area contributed by atoms with E-state index in [1.165, 1.54) is 18.2 Å². The summed E-state index contributed by atoms with van der Waals surface area (Å²) in [5, 5.41) is 4.85. The number of carbonyl (C=O) groups is 4. The van der Waals surface area contributed by atoms with Crippen molar-refractivity contribution in [1.29, 1.82) is 0 Å².